The Morgan fingerprint density at radius 2 is 1.86 bits per heavy atom. The molecule has 0 aliphatic rings. The fourth-order valence-corrected chi connectivity index (χ4v) is 1.76. The molecule has 0 bridgehead atoms. The summed E-state index contributed by atoms with van der Waals surface area (Å²) in [6, 6.07) is 8.20. The number of carboxylic acids is 1. The lowest BCUT2D eigenvalue weighted by Gasteiger charge is -2.19. The molecule has 6 heteroatoms. The smallest absolute Gasteiger partial charge is 0.313 e. The molecule has 21 heavy (non-hydrogen) atoms. The number of rotatable bonds is 4. The number of carbonyl (C=O) groups excluding carboxylic acids is 1. The molecule has 0 aliphatic heterocycles. The van der Waals surface area contributed by atoms with Crippen molar-refractivity contribution in [3.8, 4) is 0 Å². The molecule has 0 saturated heterocycles. The second kappa shape index (κ2) is 5.40. The molecule has 6 nitrogen and oxygen atoms in total. The Morgan fingerprint density at radius 3 is 2.33 bits per heavy atom. The Hall–Kier alpha value is -2.63. The molecule has 2 rings (SSSR count). The normalized spacial score (nSPS) is 11.2. The van der Waals surface area contributed by atoms with Gasteiger partial charge in [-0.1, -0.05) is 17.3 Å². The molecule has 0 atom stereocenters. The highest BCUT2D eigenvalue weighted by Gasteiger charge is 2.29. The summed E-state index contributed by atoms with van der Waals surface area (Å²) in [7, 11) is 0. The molecule has 1 amide bonds. The standard InChI is InChI=1S/C15H16N2O4/c1-9-8-12(21-17-9)13(18)16-11-6-4-10(5-7-11)15(2,3)14(19)20/h4-8H,1-3H3,(H,16,18)(H,19,20). The van der Waals surface area contributed by atoms with E-state index >= 15 is 0 Å². The van der Waals surface area contributed by atoms with Crippen LogP contribution in [-0.2, 0) is 10.2 Å². The van der Waals surface area contributed by atoms with Gasteiger partial charge in [0.15, 0.2) is 0 Å². The van der Waals surface area contributed by atoms with Crippen LogP contribution in [0.1, 0.15) is 35.7 Å². The Bertz CT molecular complexity index is 671. The van der Waals surface area contributed by atoms with Crippen LogP contribution in [0.3, 0.4) is 0 Å². The summed E-state index contributed by atoms with van der Waals surface area (Å²) in [6.07, 6.45) is 0. The van der Waals surface area contributed by atoms with Gasteiger partial charge in [0.2, 0.25) is 5.76 Å². The van der Waals surface area contributed by atoms with Crippen LogP contribution < -0.4 is 5.32 Å². The number of hydrogen-bond acceptors (Lipinski definition) is 4. The molecule has 0 radical (unpaired) electrons. The zero-order valence-electron chi connectivity index (χ0n) is 12.0. The predicted octanol–water partition coefficient (Wildman–Crippen LogP) is 2.60. The Morgan fingerprint density at radius 1 is 1.24 bits per heavy atom. The van der Waals surface area contributed by atoms with Gasteiger partial charge >= 0.3 is 5.97 Å². The van der Waals surface area contributed by atoms with E-state index in [1.165, 1.54) is 6.07 Å². The molecule has 1 heterocycles. The predicted molar refractivity (Wildman–Crippen MR) is 76.3 cm³/mol. The number of amides is 1. The van der Waals surface area contributed by atoms with Gasteiger partial charge in [-0.25, -0.2) is 0 Å². The van der Waals surface area contributed by atoms with Crippen LogP contribution >= 0.6 is 0 Å². The van der Waals surface area contributed by atoms with E-state index in [2.05, 4.69) is 10.5 Å². The summed E-state index contributed by atoms with van der Waals surface area (Å²) in [6.45, 7) is 4.98. The quantitative estimate of drug-likeness (QED) is 0.902. The highest BCUT2D eigenvalue weighted by Crippen LogP contribution is 2.25. The third kappa shape index (κ3) is 3.10. The highest BCUT2D eigenvalue weighted by atomic mass is 16.5. The van der Waals surface area contributed by atoms with Gasteiger partial charge in [-0.15, -0.1) is 0 Å². The number of aromatic nitrogens is 1. The van der Waals surface area contributed by atoms with Gasteiger partial charge in [-0.2, -0.15) is 0 Å². The van der Waals surface area contributed by atoms with E-state index in [-0.39, 0.29) is 5.76 Å². The zero-order valence-corrected chi connectivity index (χ0v) is 12.0. The van der Waals surface area contributed by atoms with Crippen LogP contribution in [0.4, 0.5) is 5.69 Å². The van der Waals surface area contributed by atoms with Crippen molar-refractivity contribution in [2.75, 3.05) is 5.32 Å². The fraction of sp³-hybridized carbons (Fsp3) is 0.267. The molecule has 110 valence electrons. The van der Waals surface area contributed by atoms with E-state index in [4.69, 9.17) is 4.52 Å². The van der Waals surface area contributed by atoms with Crippen molar-refractivity contribution < 1.29 is 19.2 Å². The molecule has 2 N–H and O–H groups in total. The number of carboxylic acid groups (broad SMARTS) is 1. The lowest BCUT2D eigenvalue weighted by Crippen LogP contribution is -2.28. The second-order valence-corrected chi connectivity index (χ2v) is 5.29. The molecule has 0 unspecified atom stereocenters. The van der Waals surface area contributed by atoms with Gasteiger partial charge in [-0.3, -0.25) is 9.59 Å². The minimum atomic E-state index is -0.982. The van der Waals surface area contributed by atoms with Gasteiger partial charge < -0.3 is 14.9 Å². The van der Waals surface area contributed by atoms with E-state index < -0.39 is 17.3 Å². The maximum absolute atomic E-state index is 11.9. The SMILES string of the molecule is Cc1cc(C(=O)Nc2ccc(C(C)(C)C(=O)O)cc2)on1. The fourth-order valence-electron chi connectivity index (χ4n) is 1.76. The van der Waals surface area contributed by atoms with Crippen molar-refractivity contribution in [2.45, 2.75) is 26.2 Å². The van der Waals surface area contributed by atoms with E-state index in [1.54, 1.807) is 45.0 Å². The molecule has 0 fully saturated rings. The summed E-state index contributed by atoms with van der Waals surface area (Å²) in [5.41, 5.74) is 0.853. The number of benzene rings is 1. The third-order valence-corrected chi connectivity index (χ3v) is 3.25. The van der Waals surface area contributed by atoms with Crippen molar-refractivity contribution in [1.82, 2.24) is 5.16 Å². The van der Waals surface area contributed by atoms with E-state index in [0.717, 1.165) is 0 Å². The molecule has 0 aliphatic carbocycles. The molecule has 0 saturated carbocycles. The molecule has 2 aromatic rings. The molecular formula is C15H16N2O4. The van der Waals surface area contributed by atoms with Crippen molar-refractivity contribution in [1.29, 1.82) is 0 Å². The average molecular weight is 288 g/mol. The minimum absolute atomic E-state index is 0.127. The molecule has 0 spiro atoms. The lowest BCUT2D eigenvalue weighted by molar-refractivity contribution is -0.142. The van der Waals surface area contributed by atoms with Crippen LogP contribution in [0.2, 0.25) is 0 Å². The largest absolute Gasteiger partial charge is 0.481 e. The summed E-state index contributed by atoms with van der Waals surface area (Å²) in [4.78, 5) is 23.1. The topological polar surface area (TPSA) is 92.4 Å². The van der Waals surface area contributed by atoms with E-state index in [0.29, 0.717) is 16.9 Å². The van der Waals surface area contributed by atoms with E-state index in [1.807, 2.05) is 0 Å². The first-order chi connectivity index (χ1) is 9.80. The van der Waals surface area contributed by atoms with Crippen LogP contribution in [-0.4, -0.2) is 22.1 Å². The Labute approximate surface area is 121 Å². The molecule has 1 aromatic carbocycles. The van der Waals surface area contributed by atoms with Gasteiger partial charge in [-0.05, 0) is 38.5 Å². The van der Waals surface area contributed by atoms with Gasteiger partial charge in [0.1, 0.15) is 0 Å². The number of anilines is 1. The number of nitrogens with one attached hydrogen (secondary N) is 1. The van der Waals surface area contributed by atoms with Crippen molar-refractivity contribution >= 4 is 17.6 Å². The monoisotopic (exact) mass is 288 g/mol. The highest BCUT2D eigenvalue weighted by molar-refractivity contribution is 6.02. The van der Waals surface area contributed by atoms with Gasteiger partial charge in [0.25, 0.3) is 5.91 Å². The Kier molecular flexibility index (Phi) is 3.80. The maximum atomic E-state index is 11.9. The number of hydrogen-bond donors (Lipinski definition) is 2. The summed E-state index contributed by atoms with van der Waals surface area (Å²) in [5, 5.41) is 15.5. The number of aliphatic carboxylic acids is 1. The van der Waals surface area contributed by atoms with Crippen LogP contribution in [0.5, 0.6) is 0 Å². The number of nitrogens with zero attached hydrogens (tertiary/aromatic N) is 1. The van der Waals surface area contributed by atoms with Crippen LogP contribution in [0.15, 0.2) is 34.9 Å². The molecule has 1 aromatic heterocycles. The van der Waals surface area contributed by atoms with Crippen molar-refractivity contribution in [2.24, 2.45) is 0 Å². The van der Waals surface area contributed by atoms with Crippen molar-refractivity contribution in [3.05, 3.63) is 47.3 Å². The van der Waals surface area contributed by atoms with E-state index in [9.17, 15) is 14.7 Å². The first-order valence-electron chi connectivity index (χ1n) is 6.39. The molecular weight excluding hydrogens is 272 g/mol. The lowest BCUT2D eigenvalue weighted by atomic mass is 9.85. The average Bonchev–Trinajstić information content (AvgIpc) is 2.86. The summed E-state index contributed by atoms with van der Waals surface area (Å²) in [5.74, 6) is -1.18. The van der Waals surface area contributed by atoms with Crippen molar-refractivity contribution in [3.63, 3.8) is 0 Å². The first-order valence-corrected chi connectivity index (χ1v) is 6.39. The second-order valence-electron chi connectivity index (χ2n) is 5.29. The number of aryl methyl sites for hydroxylation is 1. The van der Waals surface area contributed by atoms with Crippen LogP contribution in [0, 0.1) is 6.92 Å². The van der Waals surface area contributed by atoms with Gasteiger partial charge in [0.05, 0.1) is 11.1 Å². The summed E-state index contributed by atoms with van der Waals surface area (Å²) < 4.78 is 4.87. The maximum Gasteiger partial charge on any atom is 0.313 e. The van der Waals surface area contributed by atoms with Gasteiger partial charge in [0, 0.05) is 11.8 Å². The number of carbonyl (C=O) groups is 2. The summed E-state index contributed by atoms with van der Waals surface area (Å²) >= 11 is 0. The Balaban J connectivity index is 2.13. The van der Waals surface area contributed by atoms with Crippen LogP contribution in [0.25, 0.3) is 0 Å². The first kappa shape index (κ1) is 14.8. The third-order valence-electron chi connectivity index (χ3n) is 3.25. The zero-order chi connectivity index (χ0) is 15.6. The minimum Gasteiger partial charge on any atom is -0.481 e.